The monoisotopic (exact) mass is 394 g/mol. The molecule has 146 valence electrons. The van der Waals surface area contributed by atoms with Crippen molar-refractivity contribution < 1.29 is 0 Å². The Morgan fingerprint density at radius 2 is 1.96 bits per heavy atom. The van der Waals surface area contributed by atoms with Crippen LogP contribution in [-0.2, 0) is 18.4 Å². The second-order valence-electron chi connectivity index (χ2n) is 8.17. The number of aryl methyl sites for hydroxylation is 1. The molecule has 0 aliphatic carbocycles. The molecule has 0 amide bonds. The quantitative estimate of drug-likeness (QED) is 0.597. The fraction of sp³-hybridized carbons (Fsp3) is 0.381. The van der Waals surface area contributed by atoms with Gasteiger partial charge in [-0.25, -0.2) is 9.97 Å². The van der Waals surface area contributed by atoms with Crippen LogP contribution in [0.4, 0.5) is 22.6 Å². The van der Waals surface area contributed by atoms with E-state index in [1.165, 1.54) is 11.1 Å². The van der Waals surface area contributed by atoms with Crippen LogP contribution < -0.4 is 16.0 Å². The predicted octanol–water partition coefficient (Wildman–Crippen LogP) is 4.67. The summed E-state index contributed by atoms with van der Waals surface area (Å²) in [5.74, 6) is 1.35. The van der Waals surface area contributed by atoms with Crippen LogP contribution in [0.25, 0.3) is 0 Å². The van der Waals surface area contributed by atoms with Crippen molar-refractivity contribution in [3.05, 3.63) is 52.2 Å². The Balaban J connectivity index is 1.53. The molecule has 0 saturated heterocycles. The number of hydrogen-bond donors (Lipinski definition) is 3. The van der Waals surface area contributed by atoms with Gasteiger partial charge >= 0.3 is 0 Å². The molecular formula is C21H26N6S. The third-order valence-corrected chi connectivity index (χ3v) is 5.58. The van der Waals surface area contributed by atoms with E-state index < -0.39 is 0 Å². The summed E-state index contributed by atoms with van der Waals surface area (Å²) in [6, 6.07) is 6.45. The summed E-state index contributed by atoms with van der Waals surface area (Å²) < 4.78 is 0. The second-order valence-corrected chi connectivity index (χ2v) is 9.03. The highest BCUT2D eigenvalue weighted by Crippen LogP contribution is 2.29. The number of nitrogens with zero attached hydrogens (tertiary/aromatic N) is 3. The fourth-order valence-corrected chi connectivity index (χ4v) is 4.03. The Kier molecular flexibility index (Phi) is 5.03. The molecule has 3 N–H and O–H groups in total. The zero-order valence-electron chi connectivity index (χ0n) is 16.8. The first-order valence-corrected chi connectivity index (χ1v) is 10.4. The number of fused-ring (bicyclic) bond motifs is 1. The molecule has 0 saturated carbocycles. The molecule has 1 aliphatic rings. The van der Waals surface area contributed by atoms with Crippen molar-refractivity contribution in [3.63, 3.8) is 0 Å². The van der Waals surface area contributed by atoms with Gasteiger partial charge in [-0.05, 0) is 43.1 Å². The molecule has 6 nitrogen and oxygen atoms in total. The van der Waals surface area contributed by atoms with Crippen molar-refractivity contribution in [2.45, 2.75) is 46.1 Å². The lowest BCUT2D eigenvalue weighted by Crippen LogP contribution is -2.23. The van der Waals surface area contributed by atoms with E-state index >= 15 is 0 Å². The first kappa shape index (κ1) is 18.8. The van der Waals surface area contributed by atoms with Crippen LogP contribution in [0.3, 0.4) is 0 Å². The van der Waals surface area contributed by atoms with Crippen molar-refractivity contribution in [3.8, 4) is 0 Å². The third kappa shape index (κ3) is 4.15. The van der Waals surface area contributed by atoms with E-state index in [9.17, 15) is 0 Å². The van der Waals surface area contributed by atoms with Gasteiger partial charge < -0.3 is 16.0 Å². The number of anilines is 4. The van der Waals surface area contributed by atoms with Crippen molar-refractivity contribution in [1.82, 2.24) is 20.3 Å². The van der Waals surface area contributed by atoms with E-state index in [0.717, 1.165) is 47.4 Å². The molecule has 3 heterocycles. The van der Waals surface area contributed by atoms with Gasteiger partial charge in [0.1, 0.15) is 5.82 Å². The molecule has 1 aromatic carbocycles. The van der Waals surface area contributed by atoms with Crippen molar-refractivity contribution in [2.24, 2.45) is 0 Å². The summed E-state index contributed by atoms with van der Waals surface area (Å²) in [7, 11) is 0. The van der Waals surface area contributed by atoms with Gasteiger partial charge in [-0.2, -0.15) is 4.98 Å². The van der Waals surface area contributed by atoms with E-state index in [4.69, 9.17) is 4.98 Å². The summed E-state index contributed by atoms with van der Waals surface area (Å²) in [6.07, 6.45) is 2.88. The summed E-state index contributed by atoms with van der Waals surface area (Å²) in [6.45, 7) is 10.5. The number of hydrogen-bond acceptors (Lipinski definition) is 7. The molecule has 0 atom stereocenters. The Hall–Kier alpha value is -2.51. The summed E-state index contributed by atoms with van der Waals surface area (Å²) in [4.78, 5) is 13.8. The van der Waals surface area contributed by atoms with Gasteiger partial charge in [0, 0.05) is 34.8 Å². The molecule has 0 spiro atoms. The van der Waals surface area contributed by atoms with E-state index in [2.05, 4.69) is 70.3 Å². The van der Waals surface area contributed by atoms with Crippen LogP contribution in [0.15, 0.2) is 29.8 Å². The lowest BCUT2D eigenvalue weighted by molar-refractivity contribution is 0.573. The Bertz CT molecular complexity index is 989. The fourth-order valence-electron chi connectivity index (χ4n) is 3.09. The van der Waals surface area contributed by atoms with Crippen molar-refractivity contribution in [2.75, 3.05) is 17.2 Å². The largest absolute Gasteiger partial charge is 0.324 e. The van der Waals surface area contributed by atoms with Gasteiger partial charge in [-0.3, -0.25) is 0 Å². The van der Waals surface area contributed by atoms with Crippen LogP contribution in [-0.4, -0.2) is 21.5 Å². The van der Waals surface area contributed by atoms with Crippen LogP contribution in [0.1, 0.15) is 43.2 Å². The lowest BCUT2D eigenvalue weighted by Gasteiger charge is -2.18. The highest BCUT2D eigenvalue weighted by Gasteiger charge is 2.18. The zero-order chi connectivity index (χ0) is 19.7. The van der Waals surface area contributed by atoms with Gasteiger partial charge in [0.05, 0.1) is 5.69 Å². The molecule has 7 heteroatoms. The SMILES string of the molecule is Cc1cnc(Nc2ccc3c(c2)CCNC3)nc1Nc1nc(C(C)(C)C)cs1. The maximum Gasteiger partial charge on any atom is 0.229 e. The van der Waals surface area contributed by atoms with Gasteiger partial charge in [-0.15, -0.1) is 11.3 Å². The van der Waals surface area contributed by atoms with E-state index in [0.29, 0.717) is 5.95 Å². The molecule has 28 heavy (non-hydrogen) atoms. The number of nitrogens with one attached hydrogen (secondary N) is 3. The first-order valence-electron chi connectivity index (χ1n) is 9.55. The predicted molar refractivity (Wildman–Crippen MR) is 116 cm³/mol. The van der Waals surface area contributed by atoms with E-state index in [1.807, 2.05) is 13.1 Å². The van der Waals surface area contributed by atoms with Crippen LogP contribution in [0, 0.1) is 6.92 Å². The normalized spacial score (nSPS) is 13.9. The summed E-state index contributed by atoms with van der Waals surface area (Å²) >= 11 is 1.60. The van der Waals surface area contributed by atoms with Crippen LogP contribution in [0.5, 0.6) is 0 Å². The lowest BCUT2D eigenvalue weighted by atomic mass is 9.93. The van der Waals surface area contributed by atoms with Crippen LogP contribution in [0.2, 0.25) is 0 Å². The number of rotatable bonds is 4. The minimum Gasteiger partial charge on any atom is -0.324 e. The third-order valence-electron chi connectivity index (χ3n) is 4.82. The van der Waals surface area contributed by atoms with Gasteiger partial charge in [0.15, 0.2) is 5.13 Å². The second kappa shape index (κ2) is 7.48. The van der Waals surface area contributed by atoms with Crippen molar-refractivity contribution >= 4 is 33.9 Å². The summed E-state index contributed by atoms with van der Waals surface area (Å²) in [5.41, 5.74) is 5.85. The molecular weight excluding hydrogens is 368 g/mol. The van der Waals surface area contributed by atoms with E-state index in [1.54, 1.807) is 11.3 Å². The average molecular weight is 395 g/mol. The van der Waals surface area contributed by atoms with Crippen LogP contribution >= 0.6 is 11.3 Å². The number of benzene rings is 1. The standard InChI is InChI=1S/C21H26N6S/c1-13-10-23-19(24-16-6-5-15-11-22-8-7-14(15)9-16)26-18(13)27-20-25-17(12-28-20)21(2,3)4/h5-6,9-10,12,22H,7-8,11H2,1-4H3,(H2,23,24,25,26,27). The smallest absolute Gasteiger partial charge is 0.229 e. The molecule has 0 radical (unpaired) electrons. The van der Waals surface area contributed by atoms with Gasteiger partial charge in [0.25, 0.3) is 0 Å². The molecule has 0 unspecified atom stereocenters. The first-order chi connectivity index (χ1) is 13.4. The highest BCUT2D eigenvalue weighted by atomic mass is 32.1. The van der Waals surface area contributed by atoms with E-state index in [-0.39, 0.29) is 5.41 Å². The average Bonchev–Trinajstić information content (AvgIpc) is 3.13. The Labute approximate surface area is 169 Å². The van der Waals surface area contributed by atoms with Gasteiger partial charge in [-0.1, -0.05) is 26.8 Å². The Morgan fingerprint density at radius 3 is 2.75 bits per heavy atom. The molecule has 0 bridgehead atoms. The minimum absolute atomic E-state index is 0.0336. The van der Waals surface area contributed by atoms with Gasteiger partial charge in [0.2, 0.25) is 5.95 Å². The molecule has 0 fully saturated rings. The topological polar surface area (TPSA) is 74.8 Å². The number of aromatic nitrogens is 3. The summed E-state index contributed by atoms with van der Waals surface area (Å²) in [5, 5.41) is 13.0. The zero-order valence-corrected chi connectivity index (χ0v) is 17.6. The maximum absolute atomic E-state index is 4.70. The maximum atomic E-state index is 4.70. The molecule has 3 aromatic rings. The molecule has 4 rings (SSSR count). The van der Waals surface area contributed by atoms with Crippen molar-refractivity contribution in [1.29, 1.82) is 0 Å². The Morgan fingerprint density at radius 1 is 1.11 bits per heavy atom. The highest BCUT2D eigenvalue weighted by molar-refractivity contribution is 7.13. The minimum atomic E-state index is 0.0336. The number of thiazole rings is 1. The molecule has 2 aromatic heterocycles. The molecule has 1 aliphatic heterocycles.